The van der Waals surface area contributed by atoms with Gasteiger partial charge in [0.1, 0.15) is 0 Å². The highest BCUT2D eigenvalue weighted by atomic mass is 79.9. The van der Waals surface area contributed by atoms with Gasteiger partial charge in [-0.2, -0.15) is 0 Å². The molecule has 0 aromatic heterocycles. The van der Waals surface area contributed by atoms with E-state index in [-0.39, 0.29) is 11.4 Å². The predicted octanol–water partition coefficient (Wildman–Crippen LogP) is 2.80. The Hall–Kier alpha value is -0.870. The second kappa shape index (κ2) is 6.34. The van der Waals surface area contributed by atoms with Gasteiger partial charge >= 0.3 is 0 Å². The van der Waals surface area contributed by atoms with Gasteiger partial charge in [0, 0.05) is 10.5 Å². The molecule has 0 heterocycles. The van der Waals surface area contributed by atoms with Crippen molar-refractivity contribution >= 4 is 21.8 Å². The number of nitrogens with one attached hydrogen (secondary N) is 2. The van der Waals surface area contributed by atoms with Crippen LogP contribution in [-0.4, -0.2) is 18.5 Å². The summed E-state index contributed by atoms with van der Waals surface area (Å²) in [5.41, 5.74) is 0.722. The molecule has 0 atom stereocenters. The molecule has 0 saturated carbocycles. The summed E-state index contributed by atoms with van der Waals surface area (Å²) in [6.45, 7) is 8.39. The summed E-state index contributed by atoms with van der Waals surface area (Å²) in [6.07, 6.45) is 0. The van der Waals surface area contributed by atoms with Crippen LogP contribution < -0.4 is 10.6 Å². The number of carbonyl (C=O) groups excluding carboxylic acids is 1. The first-order valence-corrected chi connectivity index (χ1v) is 6.91. The Balaban J connectivity index is 2.63. The molecule has 0 aliphatic heterocycles. The molecule has 18 heavy (non-hydrogen) atoms. The second-order valence-electron chi connectivity index (χ2n) is 5.22. The highest BCUT2D eigenvalue weighted by Gasteiger charge is 2.22. The van der Waals surface area contributed by atoms with E-state index in [4.69, 9.17) is 0 Å². The van der Waals surface area contributed by atoms with Gasteiger partial charge in [0.25, 0.3) is 0 Å². The SMILES string of the molecule is CC(C)NCC(=O)NC(C)(C)c1ccc(Br)cc1. The topological polar surface area (TPSA) is 41.1 Å². The summed E-state index contributed by atoms with van der Waals surface area (Å²) in [5.74, 6) is 0.0108. The van der Waals surface area contributed by atoms with Gasteiger partial charge in [0.05, 0.1) is 12.1 Å². The van der Waals surface area contributed by atoms with Crippen molar-refractivity contribution in [3.63, 3.8) is 0 Å². The number of hydrogen-bond donors (Lipinski definition) is 2. The lowest BCUT2D eigenvalue weighted by atomic mass is 9.94. The standard InChI is InChI=1S/C14H21BrN2O/c1-10(2)16-9-13(18)17-14(3,4)11-5-7-12(15)8-6-11/h5-8,10,16H,9H2,1-4H3,(H,17,18). The van der Waals surface area contributed by atoms with Crippen LogP contribution in [0.5, 0.6) is 0 Å². The molecule has 1 aromatic rings. The lowest BCUT2D eigenvalue weighted by molar-refractivity contribution is -0.122. The van der Waals surface area contributed by atoms with E-state index >= 15 is 0 Å². The molecular weight excluding hydrogens is 292 g/mol. The first kappa shape index (κ1) is 15.2. The maximum absolute atomic E-state index is 11.8. The maximum Gasteiger partial charge on any atom is 0.234 e. The fraction of sp³-hybridized carbons (Fsp3) is 0.500. The first-order valence-electron chi connectivity index (χ1n) is 6.11. The van der Waals surface area contributed by atoms with Crippen LogP contribution in [0, 0.1) is 0 Å². The number of carbonyl (C=O) groups is 1. The Morgan fingerprint density at radius 1 is 1.28 bits per heavy atom. The monoisotopic (exact) mass is 312 g/mol. The zero-order chi connectivity index (χ0) is 13.8. The number of halogens is 1. The molecule has 0 spiro atoms. The molecule has 0 aliphatic rings. The van der Waals surface area contributed by atoms with Crippen molar-refractivity contribution in [3.05, 3.63) is 34.3 Å². The van der Waals surface area contributed by atoms with Gasteiger partial charge in [-0.05, 0) is 31.5 Å². The molecule has 2 N–H and O–H groups in total. The Kier molecular flexibility index (Phi) is 5.35. The predicted molar refractivity (Wildman–Crippen MR) is 78.4 cm³/mol. The minimum Gasteiger partial charge on any atom is -0.346 e. The highest BCUT2D eigenvalue weighted by Crippen LogP contribution is 2.21. The Morgan fingerprint density at radius 2 is 1.83 bits per heavy atom. The average Bonchev–Trinajstić information content (AvgIpc) is 2.26. The van der Waals surface area contributed by atoms with E-state index in [1.165, 1.54) is 0 Å². The van der Waals surface area contributed by atoms with Crippen LogP contribution in [0.4, 0.5) is 0 Å². The van der Waals surface area contributed by atoms with Gasteiger partial charge in [0.2, 0.25) is 5.91 Å². The molecule has 0 bridgehead atoms. The average molecular weight is 313 g/mol. The van der Waals surface area contributed by atoms with Crippen LogP contribution in [-0.2, 0) is 10.3 Å². The minimum atomic E-state index is -0.365. The molecule has 4 heteroatoms. The molecule has 1 amide bonds. The summed E-state index contributed by atoms with van der Waals surface area (Å²) in [5, 5.41) is 6.14. The normalized spacial score (nSPS) is 11.7. The Labute approximate surface area is 117 Å². The maximum atomic E-state index is 11.8. The van der Waals surface area contributed by atoms with Crippen molar-refractivity contribution in [1.82, 2.24) is 10.6 Å². The van der Waals surface area contributed by atoms with Gasteiger partial charge in [-0.25, -0.2) is 0 Å². The van der Waals surface area contributed by atoms with Crippen LogP contribution in [0.15, 0.2) is 28.7 Å². The van der Waals surface area contributed by atoms with E-state index in [0.717, 1.165) is 10.0 Å². The zero-order valence-electron chi connectivity index (χ0n) is 11.4. The van der Waals surface area contributed by atoms with E-state index < -0.39 is 0 Å². The third-order valence-corrected chi connectivity index (χ3v) is 3.22. The third-order valence-electron chi connectivity index (χ3n) is 2.69. The van der Waals surface area contributed by atoms with Crippen LogP contribution in [0.1, 0.15) is 33.3 Å². The molecular formula is C14H21BrN2O. The summed E-state index contributed by atoms with van der Waals surface area (Å²) in [6, 6.07) is 8.30. The second-order valence-corrected chi connectivity index (χ2v) is 6.13. The van der Waals surface area contributed by atoms with Crippen molar-refractivity contribution in [1.29, 1.82) is 0 Å². The molecule has 0 saturated heterocycles. The lowest BCUT2D eigenvalue weighted by Crippen LogP contribution is -2.45. The van der Waals surface area contributed by atoms with Crippen LogP contribution >= 0.6 is 15.9 Å². The fourth-order valence-corrected chi connectivity index (χ4v) is 1.89. The largest absolute Gasteiger partial charge is 0.346 e. The summed E-state index contributed by atoms with van der Waals surface area (Å²) >= 11 is 3.41. The Morgan fingerprint density at radius 3 is 2.33 bits per heavy atom. The Bertz CT molecular complexity index is 399. The molecule has 1 aromatic carbocycles. The zero-order valence-corrected chi connectivity index (χ0v) is 13.0. The molecule has 0 aliphatic carbocycles. The molecule has 0 fully saturated rings. The number of benzene rings is 1. The van der Waals surface area contributed by atoms with E-state index in [2.05, 4.69) is 26.6 Å². The van der Waals surface area contributed by atoms with Crippen molar-refractivity contribution in [2.24, 2.45) is 0 Å². The fourth-order valence-electron chi connectivity index (χ4n) is 1.63. The smallest absolute Gasteiger partial charge is 0.234 e. The van der Waals surface area contributed by atoms with Crippen molar-refractivity contribution in [2.75, 3.05) is 6.54 Å². The van der Waals surface area contributed by atoms with Crippen molar-refractivity contribution in [2.45, 2.75) is 39.3 Å². The van der Waals surface area contributed by atoms with Gasteiger partial charge < -0.3 is 10.6 Å². The van der Waals surface area contributed by atoms with Crippen molar-refractivity contribution < 1.29 is 4.79 Å². The highest BCUT2D eigenvalue weighted by molar-refractivity contribution is 9.10. The van der Waals surface area contributed by atoms with E-state index in [1.807, 2.05) is 52.0 Å². The number of hydrogen-bond acceptors (Lipinski definition) is 2. The van der Waals surface area contributed by atoms with Crippen LogP contribution in [0.2, 0.25) is 0 Å². The quantitative estimate of drug-likeness (QED) is 0.878. The third kappa shape index (κ3) is 4.78. The summed E-state index contributed by atoms with van der Waals surface area (Å²) in [4.78, 5) is 11.8. The summed E-state index contributed by atoms with van der Waals surface area (Å²) in [7, 11) is 0. The van der Waals surface area contributed by atoms with E-state index in [0.29, 0.717) is 12.6 Å². The molecule has 0 unspecified atom stereocenters. The van der Waals surface area contributed by atoms with E-state index in [1.54, 1.807) is 0 Å². The first-order chi connectivity index (χ1) is 8.31. The van der Waals surface area contributed by atoms with Crippen molar-refractivity contribution in [3.8, 4) is 0 Å². The molecule has 1 rings (SSSR count). The molecule has 100 valence electrons. The van der Waals surface area contributed by atoms with Crippen LogP contribution in [0.3, 0.4) is 0 Å². The van der Waals surface area contributed by atoms with Gasteiger partial charge in [0.15, 0.2) is 0 Å². The van der Waals surface area contributed by atoms with Gasteiger partial charge in [-0.1, -0.05) is 41.9 Å². The molecule has 3 nitrogen and oxygen atoms in total. The summed E-state index contributed by atoms with van der Waals surface area (Å²) < 4.78 is 1.04. The number of rotatable bonds is 5. The lowest BCUT2D eigenvalue weighted by Gasteiger charge is -2.27. The molecule has 0 radical (unpaired) electrons. The van der Waals surface area contributed by atoms with Gasteiger partial charge in [-0.3, -0.25) is 4.79 Å². The van der Waals surface area contributed by atoms with Crippen LogP contribution in [0.25, 0.3) is 0 Å². The van der Waals surface area contributed by atoms with E-state index in [9.17, 15) is 4.79 Å². The van der Waals surface area contributed by atoms with Gasteiger partial charge in [-0.15, -0.1) is 0 Å². The number of amides is 1. The minimum absolute atomic E-state index is 0.0108.